The van der Waals surface area contributed by atoms with Crippen LogP contribution in [-0.2, 0) is 4.79 Å². The van der Waals surface area contributed by atoms with Crippen molar-refractivity contribution in [2.45, 2.75) is 32.2 Å². The van der Waals surface area contributed by atoms with Gasteiger partial charge < -0.3 is 19.5 Å². The summed E-state index contributed by atoms with van der Waals surface area (Å²) in [6.07, 6.45) is 0.584. The highest BCUT2D eigenvalue weighted by molar-refractivity contribution is 5.84. The average Bonchev–Trinajstić information content (AvgIpc) is 2.67. The molecule has 0 aliphatic heterocycles. The highest BCUT2D eigenvalue weighted by atomic mass is 19.1. The lowest BCUT2D eigenvalue weighted by Gasteiger charge is -2.22. The summed E-state index contributed by atoms with van der Waals surface area (Å²) >= 11 is 0. The third-order valence-corrected chi connectivity index (χ3v) is 4.52. The first-order valence-corrected chi connectivity index (χ1v) is 8.80. The Morgan fingerprint density at radius 2 is 1.67 bits per heavy atom. The number of rotatable bonds is 8. The molecule has 1 unspecified atom stereocenters. The first kappa shape index (κ1) is 20.6. The highest BCUT2D eigenvalue weighted by Crippen LogP contribution is 2.40. The Labute approximate surface area is 159 Å². The van der Waals surface area contributed by atoms with Crippen molar-refractivity contribution in [2.24, 2.45) is 0 Å². The van der Waals surface area contributed by atoms with Crippen molar-refractivity contribution in [3.8, 4) is 17.2 Å². The van der Waals surface area contributed by atoms with Crippen molar-refractivity contribution in [1.82, 2.24) is 5.32 Å². The summed E-state index contributed by atoms with van der Waals surface area (Å²) in [6, 6.07) is 9.46. The Kier molecular flexibility index (Phi) is 7.05. The van der Waals surface area contributed by atoms with Crippen molar-refractivity contribution >= 4 is 5.91 Å². The summed E-state index contributed by atoms with van der Waals surface area (Å²) in [4.78, 5) is 12.9. The van der Waals surface area contributed by atoms with E-state index in [0.29, 0.717) is 29.2 Å². The molecule has 0 spiro atoms. The van der Waals surface area contributed by atoms with Crippen molar-refractivity contribution in [3.05, 3.63) is 53.3 Å². The molecule has 0 aliphatic carbocycles. The SMILES string of the molecule is CCC(C(=O)N[C@H](C)c1cccc(F)c1)c1cc(OC)c(OC)c(OC)c1. The second-order valence-electron chi connectivity index (χ2n) is 6.20. The molecule has 2 aromatic carbocycles. The topological polar surface area (TPSA) is 56.8 Å². The molecule has 27 heavy (non-hydrogen) atoms. The maximum atomic E-state index is 13.4. The molecule has 0 fully saturated rings. The predicted molar refractivity (Wildman–Crippen MR) is 102 cm³/mol. The number of halogens is 1. The first-order valence-electron chi connectivity index (χ1n) is 8.80. The molecular formula is C21H26FNO4. The van der Waals surface area contributed by atoms with Gasteiger partial charge in [0.25, 0.3) is 0 Å². The molecule has 2 atom stereocenters. The summed E-state index contributed by atoms with van der Waals surface area (Å²) in [5, 5.41) is 2.96. The average molecular weight is 375 g/mol. The fraction of sp³-hybridized carbons (Fsp3) is 0.381. The van der Waals surface area contributed by atoms with Crippen LogP contribution in [0.5, 0.6) is 17.2 Å². The summed E-state index contributed by atoms with van der Waals surface area (Å²) in [7, 11) is 4.60. The Balaban J connectivity index is 2.28. The van der Waals surface area contributed by atoms with E-state index in [2.05, 4.69) is 5.32 Å². The van der Waals surface area contributed by atoms with E-state index in [0.717, 1.165) is 5.56 Å². The first-order chi connectivity index (χ1) is 12.9. The number of nitrogens with one attached hydrogen (secondary N) is 1. The van der Waals surface area contributed by atoms with Crippen LogP contribution in [0.1, 0.15) is 43.4 Å². The molecule has 0 saturated carbocycles. The third-order valence-electron chi connectivity index (χ3n) is 4.52. The number of benzene rings is 2. The zero-order valence-corrected chi connectivity index (χ0v) is 16.3. The van der Waals surface area contributed by atoms with Gasteiger partial charge in [0.15, 0.2) is 11.5 Å². The minimum absolute atomic E-state index is 0.150. The van der Waals surface area contributed by atoms with Gasteiger partial charge in [0.2, 0.25) is 11.7 Å². The third kappa shape index (κ3) is 4.70. The zero-order valence-electron chi connectivity index (χ0n) is 16.3. The molecule has 0 aliphatic rings. The van der Waals surface area contributed by atoms with Gasteiger partial charge in [-0.3, -0.25) is 4.79 Å². The predicted octanol–water partition coefficient (Wildman–Crippen LogP) is 4.22. The van der Waals surface area contributed by atoms with E-state index in [1.54, 1.807) is 24.3 Å². The van der Waals surface area contributed by atoms with Gasteiger partial charge in [-0.15, -0.1) is 0 Å². The Bertz CT molecular complexity index is 768. The highest BCUT2D eigenvalue weighted by Gasteiger charge is 2.24. The van der Waals surface area contributed by atoms with E-state index in [9.17, 15) is 9.18 Å². The number of hydrogen-bond acceptors (Lipinski definition) is 4. The molecule has 146 valence electrons. The molecule has 6 heteroatoms. The molecule has 1 amide bonds. The molecule has 5 nitrogen and oxygen atoms in total. The Hall–Kier alpha value is -2.76. The van der Waals surface area contributed by atoms with E-state index >= 15 is 0 Å². The van der Waals surface area contributed by atoms with Crippen molar-refractivity contribution in [3.63, 3.8) is 0 Å². The lowest BCUT2D eigenvalue weighted by atomic mass is 9.94. The van der Waals surface area contributed by atoms with Gasteiger partial charge in [-0.2, -0.15) is 0 Å². The van der Waals surface area contributed by atoms with Crippen LogP contribution >= 0.6 is 0 Å². The number of methoxy groups -OCH3 is 3. The maximum absolute atomic E-state index is 13.4. The normalized spacial score (nSPS) is 12.8. The number of hydrogen-bond donors (Lipinski definition) is 1. The van der Waals surface area contributed by atoms with Crippen LogP contribution < -0.4 is 19.5 Å². The van der Waals surface area contributed by atoms with Crippen LogP contribution in [0.4, 0.5) is 4.39 Å². The van der Waals surface area contributed by atoms with Crippen LogP contribution in [0, 0.1) is 5.82 Å². The lowest BCUT2D eigenvalue weighted by Crippen LogP contribution is -2.31. The minimum Gasteiger partial charge on any atom is -0.493 e. The van der Waals surface area contributed by atoms with Crippen molar-refractivity contribution in [1.29, 1.82) is 0 Å². The van der Waals surface area contributed by atoms with Crippen molar-refractivity contribution in [2.75, 3.05) is 21.3 Å². The van der Waals surface area contributed by atoms with Gasteiger partial charge in [-0.05, 0) is 48.7 Å². The van der Waals surface area contributed by atoms with Crippen LogP contribution in [0.25, 0.3) is 0 Å². The minimum atomic E-state index is -0.408. The molecule has 0 aromatic heterocycles. The van der Waals surface area contributed by atoms with Gasteiger partial charge in [-0.25, -0.2) is 4.39 Å². The van der Waals surface area contributed by atoms with E-state index in [1.807, 2.05) is 13.8 Å². The zero-order chi connectivity index (χ0) is 20.0. The largest absolute Gasteiger partial charge is 0.493 e. The molecule has 2 aromatic rings. The molecule has 0 bridgehead atoms. The molecular weight excluding hydrogens is 349 g/mol. The summed E-state index contributed by atoms with van der Waals surface area (Å²) in [6.45, 7) is 3.76. The van der Waals surface area contributed by atoms with Crippen LogP contribution in [0.3, 0.4) is 0 Å². The number of amides is 1. The number of ether oxygens (including phenoxy) is 3. The summed E-state index contributed by atoms with van der Waals surface area (Å²) < 4.78 is 29.5. The number of carbonyl (C=O) groups excluding carboxylic acids is 1. The monoisotopic (exact) mass is 375 g/mol. The summed E-state index contributed by atoms with van der Waals surface area (Å²) in [5.74, 6) is 0.586. The standard InChI is InChI=1S/C21H26FNO4/c1-6-17(15-11-18(25-3)20(27-5)19(12-15)26-4)21(24)23-13(2)14-8-7-9-16(22)10-14/h7-13,17H,6H2,1-5H3,(H,23,24)/t13-,17?/m1/s1. The van der Waals surface area contributed by atoms with E-state index in [-0.39, 0.29) is 17.8 Å². The van der Waals surface area contributed by atoms with Crippen LogP contribution in [-0.4, -0.2) is 27.2 Å². The van der Waals surface area contributed by atoms with Crippen molar-refractivity contribution < 1.29 is 23.4 Å². The second kappa shape index (κ2) is 9.26. The van der Waals surface area contributed by atoms with Gasteiger partial charge in [0, 0.05) is 0 Å². The maximum Gasteiger partial charge on any atom is 0.228 e. The number of carbonyl (C=O) groups is 1. The van der Waals surface area contributed by atoms with E-state index < -0.39 is 5.92 Å². The van der Waals surface area contributed by atoms with Crippen LogP contribution in [0.2, 0.25) is 0 Å². The van der Waals surface area contributed by atoms with Gasteiger partial charge in [0.05, 0.1) is 33.3 Å². The van der Waals surface area contributed by atoms with E-state index in [1.165, 1.54) is 33.5 Å². The molecule has 0 saturated heterocycles. The Morgan fingerprint density at radius 1 is 1.04 bits per heavy atom. The molecule has 1 N–H and O–H groups in total. The fourth-order valence-corrected chi connectivity index (χ4v) is 3.05. The van der Waals surface area contributed by atoms with E-state index in [4.69, 9.17) is 14.2 Å². The molecule has 2 rings (SSSR count). The molecule has 0 radical (unpaired) electrons. The van der Waals surface area contributed by atoms with Gasteiger partial charge in [0.1, 0.15) is 5.82 Å². The Morgan fingerprint density at radius 3 is 2.15 bits per heavy atom. The fourth-order valence-electron chi connectivity index (χ4n) is 3.05. The van der Waals surface area contributed by atoms with Gasteiger partial charge >= 0.3 is 0 Å². The smallest absolute Gasteiger partial charge is 0.228 e. The van der Waals surface area contributed by atoms with Crippen LogP contribution in [0.15, 0.2) is 36.4 Å². The lowest BCUT2D eigenvalue weighted by molar-refractivity contribution is -0.123. The summed E-state index contributed by atoms with van der Waals surface area (Å²) in [5.41, 5.74) is 1.47. The quantitative estimate of drug-likeness (QED) is 0.750. The van der Waals surface area contributed by atoms with Gasteiger partial charge in [-0.1, -0.05) is 19.1 Å². The molecule has 0 heterocycles. The second-order valence-corrected chi connectivity index (χ2v) is 6.20.